The molecule has 18 heavy (non-hydrogen) atoms. The Kier molecular flexibility index (Phi) is 4.07. The highest BCUT2D eigenvalue weighted by Gasteiger charge is 2.09. The molecule has 92 valence electrons. The second kappa shape index (κ2) is 5.96. The van der Waals surface area contributed by atoms with E-state index in [1.54, 1.807) is 17.3 Å². The predicted molar refractivity (Wildman–Crippen MR) is 70.9 cm³/mol. The van der Waals surface area contributed by atoms with Crippen molar-refractivity contribution in [1.29, 1.82) is 0 Å². The monoisotopic (exact) mass is 240 g/mol. The van der Waals surface area contributed by atoms with Gasteiger partial charge < -0.3 is 4.90 Å². The van der Waals surface area contributed by atoms with Crippen LogP contribution in [0.4, 0.5) is 0 Å². The van der Waals surface area contributed by atoms with Crippen molar-refractivity contribution in [2.75, 3.05) is 7.05 Å². The van der Waals surface area contributed by atoms with E-state index < -0.39 is 0 Å². The summed E-state index contributed by atoms with van der Waals surface area (Å²) in [4.78, 5) is 17.8. The minimum Gasteiger partial charge on any atom is -0.341 e. The molecule has 0 aliphatic rings. The molecule has 1 aromatic carbocycles. The van der Waals surface area contributed by atoms with Crippen LogP contribution in [0.15, 0.2) is 54.9 Å². The van der Waals surface area contributed by atoms with Gasteiger partial charge in [0.25, 0.3) is 0 Å². The van der Waals surface area contributed by atoms with Crippen LogP contribution in [0, 0.1) is 0 Å². The van der Waals surface area contributed by atoms with E-state index in [4.69, 9.17) is 0 Å². The minimum absolute atomic E-state index is 0.116. The quantitative estimate of drug-likeness (QED) is 0.821. The van der Waals surface area contributed by atoms with Crippen molar-refractivity contribution in [2.45, 2.75) is 13.0 Å². The van der Waals surface area contributed by atoms with Gasteiger partial charge in [0.15, 0.2) is 0 Å². The van der Waals surface area contributed by atoms with Gasteiger partial charge in [0.2, 0.25) is 5.91 Å². The lowest BCUT2D eigenvalue weighted by molar-refractivity contribution is -0.129. The largest absolute Gasteiger partial charge is 0.341 e. The van der Waals surface area contributed by atoms with Gasteiger partial charge in [0, 0.05) is 26.0 Å². The number of carbonyl (C=O) groups excluding carboxylic acids is 1. The second-order valence-corrected chi connectivity index (χ2v) is 4.27. The molecule has 2 rings (SSSR count). The van der Waals surface area contributed by atoms with E-state index >= 15 is 0 Å². The lowest BCUT2D eigenvalue weighted by atomic mass is 10.1. The summed E-state index contributed by atoms with van der Waals surface area (Å²) >= 11 is 0. The summed E-state index contributed by atoms with van der Waals surface area (Å²) < 4.78 is 0. The molecule has 3 heteroatoms. The zero-order valence-corrected chi connectivity index (χ0v) is 10.4. The summed E-state index contributed by atoms with van der Waals surface area (Å²) in [5.41, 5.74) is 2.09. The molecule has 3 nitrogen and oxygen atoms in total. The van der Waals surface area contributed by atoms with Crippen LogP contribution < -0.4 is 0 Å². The molecule has 0 aliphatic carbocycles. The smallest absolute Gasteiger partial charge is 0.227 e. The Balaban J connectivity index is 1.93. The molecule has 0 atom stereocenters. The maximum atomic E-state index is 12.0. The summed E-state index contributed by atoms with van der Waals surface area (Å²) in [5.74, 6) is 0.116. The topological polar surface area (TPSA) is 33.2 Å². The molecule has 0 aliphatic heterocycles. The fourth-order valence-electron chi connectivity index (χ4n) is 1.76. The van der Waals surface area contributed by atoms with Crippen molar-refractivity contribution in [3.05, 3.63) is 66.0 Å². The van der Waals surface area contributed by atoms with Crippen LogP contribution in [0.3, 0.4) is 0 Å². The molecule has 0 saturated carbocycles. The number of hydrogen-bond acceptors (Lipinski definition) is 2. The zero-order chi connectivity index (χ0) is 12.8. The van der Waals surface area contributed by atoms with Crippen LogP contribution in [-0.4, -0.2) is 22.8 Å². The molecule has 0 spiro atoms. The first-order valence-corrected chi connectivity index (χ1v) is 5.92. The number of aromatic nitrogens is 1. The average molecular weight is 240 g/mol. The van der Waals surface area contributed by atoms with Crippen LogP contribution in [0.2, 0.25) is 0 Å². The number of carbonyl (C=O) groups is 1. The third-order valence-electron chi connectivity index (χ3n) is 2.77. The van der Waals surface area contributed by atoms with Gasteiger partial charge in [-0.05, 0) is 17.2 Å². The molecule has 0 bridgehead atoms. The first kappa shape index (κ1) is 12.3. The number of benzene rings is 1. The van der Waals surface area contributed by atoms with Crippen molar-refractivity contribution in [1.82, 2.24) is 9.88 Å². The average Bonchev–Trinajstić information content (AvgIpc) is 2.41. The molecule has 0 fully saturated rings. The molecule has 0 radical (unpaired) electrons. The van der Waals surface area contributed by atoms with Gasteiger partial charge >= 0.3 is 0 Å². The highest BCUT2D eigenvalue weighted by Crippen LogP contribution is 2.05. The third-order valence-corrected chi connectivity index (χ3v) is 2.77. The van der Waals surface area contributed by atoms with Crippen LogP contribution in [0.25, 0.3) is 0 Å². The molecule has 1 heterocycles. The number of hydrogen-bond donors (Lipinski definition) is 0. The highest BCUT2D eigenvalue weighted by molar-refractivity contribution is 5.78. The van der Waals surface area contributed by atoms with E-state index in [0.29, 0.717) is 13.0 Å². The van der Waals surface area contributed by atoms with Crippen molar-refractivity contribution in [2.24, 2.45) is 0 Å². The van der Waals surface area contributed by atoms with Gasteiger partial charge in [-0.1, -0.05) is 36.4 Å². The Bertz CT molecular complexity index is 496. The number of nitrogens with zero attached hydrogens (tertiary/aromatic N) is 2. The Morgan fingerprint density at radius 2 is 1.83 bits per heavy atom. The number of likely N-dealkylation sites (N-methyl/N-ethyl adjacent to an activating group) is 1. The summed E-state index contributed by atoms with van der Waals surface area (Å²) in [7, 11) is 1.82. The molecule has 2 aromatic rings. The molecule has 0 unspecified atom stereocenters. The van der Waals surface area contributed by atoms with E-state index in [-0.39, 0.29) is 5.91 Å². The van der Waals surface area contributed by atoms with Crippen LogP contribution in [0.5, 0.6) is 0 Å². The summed E-state index contributed by atoms with van der Waals surface area (Å²) in [6, 6.07) is 13.6. The lowest BCUT2D eigenvalue weighted by Crippen LogP contribution is -2.27. The number of pyridine rings is 1. The molecule has 0 N–H and O–H groups in total. The summed E-state index contributed by atoms with van der Waals surface area (Å²) in [6.45, 7) is 0.597. The standard InChI is InChI=1S/C15H16N2O/c1-17(12-14-8-5-9-16-11-14)15(18)10-13-6-3-2-4-7-13/h2-9,11H,10,12H2,1H3. The maximum Gasteiger partial charge on any atom is 0.227 e. The summed E-state index contributed by atoms with van der Waals surface area (Å²) in [6.07, 6.45) is 3.96. The van der Waals surface area contributed by atoms with Crippen molar-refractivity contribution >= 4 is 5.91 Å². The Hall–Kier alpha value is -2.16. The fourth-order valence-corrected chi connectivity index (χ4v) is 1.76. The maximum absolute atomic E-state index is 12.0. The first-order valence-electron chi connectivity index (χ1n) is 5.92. The predicted octanol–water partition coefficient (Wildman–Crippen LogP) is 2.28. The van der Waals surface area contributed by atoms with E-state index in [1.807, 2.05) is 49.5 Å². The van der Waals surface area contributed by atoms with Gasteiger partial charge in [0.05, 0.1) is 6.42 Å². The Morgan fingerprint density at radius 1 is 1.11 bits per heavy atom. The van der Waals surface area contributed by atoms with E-state index in [0.717, 1.165) is 11.1 Å². The summed E-state index contributed by atoms with van der Waals surface area (Å²) in [5, 5.41) is 0. The van der Waals surface area contributed by atoms with Crippen LogP contribution >= 0.6 is 0 Å². The highest BCUT2D eigenvalue weighted by atomic mass is 16.2. The molecule has 0 saturated heterocycles. The van der Waals surface area contributed by atoms with E-state index in [2.05, 4.69) is 4.98 Å². The van der Waals surface area contributed by atoms with E-state index in [1.165, 1.54) is 0 Å². The molecular formula is C15H16N2O. The third kappa shape index (κ3) is 3.42. The molecular weight excluding hydrogens is 224 g/mol. The van der Waals surface area contributed by atoms with E-state index in [9.17, 15) is 4.79 Å². The first-order chi connectivity index (χ1) is 8.75. The van der Waals surface area contributed by atoms with Crippen molar-refractivity contribution in [3.8, 4) is 0 Å². The molecule has 1 aromatic heterocycles. The van der Waals surface area contributed by atoms with Crippen molar-refractivity contribution < 1.29 is 4.79 Å². The normalized spacial score (nSPS) is 10.1. The number of rotatable bonds is 4. The zero-order valence-electron chi connectivity index (χ0n) is 10.4. The van der Waals surface area contributed by atoms with Gasteiger partial charge in [-0.25, -0.2) is 0 Å². The van der Waals surface area contributed by atoms with Gasteiger partial charge in [0.1, 0.15) is 0 Å². The Morgan fingerprint density at radius 3 is 2.50 bits per heavy atom. The van der Waals surface area contributed by atoms with Crippen molar-refractivity contribution in [3.63, 3.8) is 0 Å². The fraction of sp³-hybridized carbons (Fsp3) is 0.200. The van der Waals surface area contributed by atoms with Gasteiger partial charge in [-0.2, -0.15) is 0 Å². The van der Waals surface area contributed by atoms with Crippen LogP contribution in [0.1, 0.15) is 11.1 Å². The molecule has 1 amide bonds. The number of amides is 1. The SMILES string of the molecule is CN(Cc1cccnc1)C(=O)Cc1ccccc1. The van der Waals surface area contributed by atoms with Gasteiger partial charge in [-0.3, -0.25) is 9.78 Å². The van der Waals surface area contributed by atoms with Crippen LogP contribution in [-0.2, 0) is 17.8 Å². The van der Waals surface area contributed by atoms with Gasteiger partial charge in [-0.15, -0.1) is 0 Å². The Labute approximate surface area is 107 Å². The second-order valence-electron chi connectivity index (χ2n) is 4.27. The minimum atomic E-state index is 0.116. The lowest BCUT2D eigenvalue weighted by Gasteiger charge is -2.17.